The summed E-state index contributed by atoms with van der Waals surface area (Å²) in [5.74, 6) is 0.223. The number of benzene rings is 2. The van der Waals surface area contributed by atoms with Crippen LogP contribution < -0.4 is 0 Å². The summed E-state index contributed by atoms with van der Waals surface area (Å²) in [6.45, 7) is 0.856. The third kappa shape index (κ3) is 2.85. The molecule has 1 heterocycles. The zero-order chi connectivity index (χ0) is 13.1. The topological polar surface area (TPSA) is 26.3 Å². The van der Waals surface area contributed by atoms with Crippen molar-refractivity contribution in [2.75, 3.05) is 6.61 Å². The minimum absolute atomic E-state index is 0.223. The van der Waals surface area contributed by atoms with Crippen LogP contribution in [0.1, 0.15) is 36.0 Å². The van der Waals surface area contributed by atoms with E-state index >= 15 is 0 Å². The second-order valence-corrected chi connectivity index (χ2v) is 5.16. The van der Waals surface area contributed by atoms with Gasteiger partial charge in [-0.1, -0.05) is 36.4 Å². The molecule has 0 N–H and O–H groups in total. The minimum atomic E-state index is 0.223. The molecule has 0 radical (unpaired) electrons. The normalized spacial score (nSPS) is 18.8. The van der Waals surface area contributed by atoms with Crippen LogP contribution >= 0.6 is 0 Å². The summed E-state index contributed by atoms with van der Waals surface area (Å²) >= 11 is 0. The minimum Gasteiger partial charge on any atom is -0.378 e. The van der Waals surface area contributed by atoms with Gasteiger partial charge in [-0.2, -0.15) is 0 Å². The highest BCUT2D eigenvalue weighted by Gasteiger charge is 2.17. The van der Waals surface area contributed by atoms with E-state index < -0.39 is 0 Å². The molecule has 0 bridgehead atoms. The quantitative estimate of drug-likeness (QED) is 0.771. The molecule has 1 unspecified atom stereocenters. The Labute approximate surface area is 113 Å². The highest BCUT2D eigenvalue weighted by atomic mass is 16.5. The number of carbonyl (C=O) groups is 1. The molecule has 1 atom stereocenters. The lowest BCUT2D eigenvalue weighted by atomic mass is 10.0. The van der Waals surface area contributed by atoms with Gasteiger partial charge >= 0.3 is 0 Å². The van der Waals surface area contributed by atoms with Crippen LogP contribution in [0.25, 0.3) is 10.8 Å². The van der Waals surface area contributed by atoms with Gasteiger partial charge in [0.25, 0.3) is 0 Å². The first kappa shape index (κ1) is 12.4. The molecule has 0 saturated carbocycles. The molecular weight excluding hydrogens is 236 g/mol. The van der Waals surface area contributed by atoms with Crippen molar-refractivity contribution in [2.24, 2.45) is 0 Å². The fourth-order valence-corrected chi connectivity index (χ4v) is 2.67. The molecule has 2 nitrogen and oxygen atoms in total. The molecular formula is C17H18O2. The molecule has 1 aliphatic heterocycles. The molecule has 2 aromatic rings. The molecule has 1 aliphatic rings. The molecule has 19 heavy (non-hydrogen) atoms. The fourth-order valence-electron chi connectivity index (χ4n) is 2.67. The van der Waals surface area contributed by atoms with Crippen LogP contribution in [0.3, 0.4) is 0 Å². The van der Waals surface area contributed by atoms with Crippen LogP contribution in [0.15, 0.2) is 42.5 Å². The Morgan fingerprint density at radius 2 is 2.00 bits per heavy atom. The Morgan fingerprint density at radius 3 is 2.79 bits per heavy atom. The first-order valence-corrected chi connectivity index (χ1v) is 6.96. The summed E-state index contributed by atoms with van der Waals surface area (Å²) in [7, 11) is 0. The predicted octanol–water partition coefficient (Wildman–Crippen LogP) is 3.98. The van der Waals surface area contributed by atoms with Crippen molar-refractivity contribution in [3.05, 3.63) is 48.0 Å². The molecule has 1 saturated heterocycles. The first-order valence-electron chi connectivity index (χ1n) is 6.96. The van der Waals surface area contributed by atoms with Gasteiger partial charge in [-0.3, -0.25) is 4.79 Å². The number of hydrogen-bond acceptors (Lipinski definition) is 2. The van der Waals surface area contributed by atoms with Gasteiger partial charge < -0.3 is 4.74 Å². The predicted molar refractivity (Wildman–Crippen MR) is 76.5 cm³/mol. The number of rotatable bonds is 4. The van der Waals surface area contributed by atoms with E-state index in [4.69, 9.17) is 4.74 Å². The van der Waals surface area contributed by atoms with Crippen LogP contribution in [-0.4, -0.2) is 18.5 Å². The van der Waals surface area contributed by atoms with E-state index in [1.807, 2.05) is 36.4 Å². The fraction of sp³-hybridized carbons (Fsp3) is 0.353. The lowest BCUT2D eigenvalue weighted by molar-refractivity contribution is 0.0859. The smallest absolute Gasteiger partial charge is 0.162 e. The first-order chi connectivity index (χ1) is 9.33. The zero-order valence-electron chi connectivity index (χ0n) is 11.0. The summed E-state index contributed by atoms with van der Waals surface area (Å²) in [4.78, 5) is 12.2. The Balaban J connectivity index is 1.70. The molecule has 0 aromatic heterocycles. The van der Waals surface area contributed by atoms with Crippen LogP contribution in [0.2, 0.25) is 0 Å². The van der Waals surface area contributed by atoms with Gasteiger partial charge in [-0.25, -0.2) is 0 Å². The molecule has 2 heteroatoms. The second kappa shape index (κ2) is 5.54. The average molecular weight is 254 g/mol. The van der Waals surface area contributed by atoms with Crippen molar-refractivity contribution in [2.45, 2.75) is 31.8 Å². The summed E-state index contributed by atoms with van der Waals surface area (Å²) in [5.41, 5.74) is 0.816. The summed E-state index contributed by atoms with van der Waals surface area (Å²) in [6, 6.07) is 14.1. The van der Waals surface area contributed by atoms with Crippen molar-refractivity contribution in [3.8, 4) is 0 Å². The van der Waals surface area contributed by atoms with E-state index in [0.29, 0.717) is 12.5 Å². The number of hydrogen-bond donors (Lipinski definition) is 0. The Bertz CT molecular complexity index is 583. The Hall–Kier alpha value is -1.67. The van der Waals surface area contributed by atoms with Crippen molar-refractivity contribution < 1.29 is 9.53 Å². The maximum atomic E-state index is 12.2. The van der Waals surface area contributed by atoms with Crippen LogP contribution in [-0.2, 0) is 4.74 Å². The van der Waals surface area contributed by atoms with Crippen molar-refractivity contribution >= 4 is 16.6 Å². The van der Waals surface area contributed by atoms with E-state index in [-0.39, 0.29) is 5.78 Å². The summed E-state index contributed by atoms with van der Waals surface area (Å²) in [6.07, 6.45) is 3.97. The van der Waals surface area contributed by atoms with E-state index in [1.54, 1.807) is 0 Å². The lowest BCUT2D eigenvalue weighted by Crippen LogP contribution is -2.08. The molecule has 3 rings (SSSR count). The van der Waals surface area contributed by atoms with Crippen molar-refractivity contribution in [1.82, 2.24) is 0 Å². The number of ether oxygens (including phenoxy) is 1. The van der Waals surface area contributed by atoms with Gasteiger partial charge in [0.1, 0.15) is 0 Å². The SMILES string of the molecule is O=C(CCC1CCCO1)c1ccc2ccccc2c1. The van der Waals surface area contributed by atoms with Gasteiger partial charge in [0.2, 0.25) is 0 Å². The Morgan fingerprint density at radius 1 is 1.16 bits per heavy atom. The molecule has 0 aliphatic carbocycles. The second-order valence-electron chi connectivity index (χ2n) is 5.16. The van der Waals surface area contributed by atoms with Gasteiger partial charge in [-0.15, -0.1) is 0 Å². The van der Waals surface area contributed by atoms with Gasteiger partial charge in [0.15, 0.2) is 5.78 Å². The van der Waals surface area contributed by atoms with Gasteiger partial charge in [0.05, 0.1) is 6.10 Å². The van der Waals surface area contributed by atoms with Gasteiger partial charge in [0, 0.05) is 18.6 Å². The number of carbonyl (C=O) groups excluding carboxylic acids is 1. The molecule has 0 spiro atoms. The Kier molecular flexibility index (Phi) is 3.60. The van der Waals surface area contributed by atoms with E-state index in [2.05, 4.69) is 6.07 Å². The number of fused-ring (bicyclic) bond motifs is 1. The maximum absolute atomic E-state index is 12.2. The monoisotopic (exact) mass is 254 g/mol. The van der Waals surface area contributed by atoms with E-state index in [0.717, 1.165) is 36.8 Å². The van der Waals surface area contributed by atoms with Crippen LogP contribution in [0.4, 0.5) is 0 Å². The third-order valence-electron chi connectivity index (χ3n) is 3.79. The number of ketones is 1. The average Bonchev–Trinajstić information content (AvgIpc) is 2.97. The lowest BCUT2D eigenvalue weighted by Gasteiger charge is -2.08. The summed E-state index contributed by atoms with van der Waals surface area (Å²) in [5, 5.41) is 2.31. The van der Waals surface area contributed by atoms with E-state index in [9.17, 15) is 4.79 Å². The van der Waals surface area contributed by atoms with Crippen LogP contribution in [0.5, 0.6) is 0 Å². The van der Waals surface area contributed by atoms with Crippen molar-refractivity contribution in [1.29, 1.82) is 0 Å². The molecule has 1 fully saturated rings. The third-order valence-corrected chi connectivity index (χ3v) is 3.79. The summed E-state index contributed by atoms with van der Waals surface area (Å²) < 4.78 is 5.56. The highest BCUT2D eigenvalue weighted by molar-refractivity contribution is 5.99. The standard InChI is InChI=1S/C17H18O2/c18-17(10-9-16-6-3-11-19-16)15-8-7-13-4-1-2-5-14(13)12-15/h1-2,4-5,7-8,12,16H,3,6,9-11H2. The maximum Gasteiger partial charge on any atom is 0.162 e. The van der Waals surface area contributed by atoms with Crippen molar-refractivity contribution in [3.63, 3.8) is 0 Å². The molecule has 98 valence electrons. The highest BCUT2D eigenvalue weighted by Crippen LogP contribution is 2.20. The van der Waals surface area contributed by atoms with E-state index in [1.165, 1.54) is 5.39 Å². The van der Waals surface area contributed by atoms with Crippen LogP contribution in [0, 0.1) is 0 Å². The molecule has 2 aromatic carbocycles. The molecule has 0 amide bonds. The van der Waals surface area contributed by atoms with Gasteiger partial charge in [-0.05, 0) is 36.1 Å². The largest absolute Gasteiger partial charge is 0.378 e. The number of Topliss-reactive ketones (excluding diaryl/α,β-unsaturated/α-hetero) is 1. The zero-order valence-corrected chi connectivity index (χ0v) is 11.0.